The number of ether oxygens (including phenoxy) is 1. The summed E-state index contributed by atoms with van der Waals surface area (Å²) < 4.78 is 6.36. The molecule has 1 atom stereocenters. The molecule has 2 aliphatic rings. The Morgan fingerprint density at radius 3 is 2.48 bits per heavy atom. The van der Waals surface area contributed by atoms with Crippen LogP contribution in [0, 0.1) is 0 Å². The zero-order valence-electron chi connectivity index (χ0n) is 16.0. The Balaban J connectivity index is 2.05. The lowest BCUT2D eigenvalue weighted by molar-refractivity contribution is 0.128. The maximum absolute atomic E-state index is 11.0. The highest BCUT2D eigenvalue weighted by Gasteiger charge is 2.35. The van der Waals surface area contributed by atoms with E-state index in [0.29, 0.717) is 11.7 Å². The van der Waals surface area contributed by atoms with Crippen LogP contribution < -0.4 is 4.74 Å². The fourth-order valence-corrected chi connectivity index (χ4v) is 6.58. The van der Waals surface area contributed by atoms with Gasteiger partial charge in [-0.15, -0.1) is 23.5 Å². The molecule has 1 saturated heterocycles. The zero-order chi connectivity index (χ0) is 18.2. The second-order valence-electron chi connectivity index (χ2n) is 8.29. The first-order valence-corrected chi connectivity index (χ1v) is 11.1. The first-order chi connectivity index (χ1) is 11.7. The smallest absolute Gasteiger partial charge is 0.127 e. The molecular weight excluding hydrogens is 348 g/mol. The van der Waals surface area contributed by atoms with Crippen LogP contribution in [0.15, 0.2) is 23.8 Å². The number of aromatic hydroxyl groups is 1. The van der Waals surface area contributed by atoms with Crippen molar-refractivity contribution in [1.82, 2.24) is 0 Å². The Morgan fingerprint density at radius 1 is 1.20 bits per heavy atom. The van der Waals surface area contributed by atoms with Crippen LogP contribution in [0.2, 0.25) is 0 Å². The standard InChI is InChI=1S/C21H30O2S2/c1-14-7-6-8-15(11-14)19-17(22)12-16(21(5)24-9-10-25-21)13-18(19)23-20(2,3)4/h7,12-13,15,22H,6,8-11H2,1-5H3/t15-/m0/s1. The third kappa shape index (κ3) is 4.33. The van der Waals surface area contributed by atoms with Crippen molar-refractivity contribution in [3.63, 3.8) is 0 Å². The maximum Gasteiger partial charge on any atom is 0.127 e. The third-order valence-electron chi connectivity index (χ3n) is 4.88. The maximum atomic E-state index is 11.0. The Morgan fingerprint density at radius 2 is 1.88 bits per heavy atom. The monoisotopic (exact) mass is 378 g/mol. The zero-order valence-corrected chi connectivity index (χ0v) is 17.6. The van der Waals surface area contributed by atoms with E-state index in [-0.39, 0.29) is 9.68 Å². The second-order valence-corrected chi connectivity index (χ2v) is 11.6. The molecule has 3 rings (SSSR count). The minimum Gasteiger partial charge on any atom is -0.508 e. The fourth-order valence-electron chi connectivity index (χ4n) is 3.73. The van der Waals surface area contributed by atoms with Gasteiger partial charge in [0.2, 0.25) is 0 Å². The summed E-state index contributed by atoms with van der Waals surface area (Å²) in [6.07, 6.45) is 5.48. The van der Waals surface area contributed by atoms with Crippen LogP contribution in [0.5, 0.6) is 11.5 Å². The van der Waals surface area contributed by atoms with Gasteiger partial charge in [0.15, 0.2) is 0 Å². The molecule has 1 aromatic carbocycles. The highest BCUT2D eigenvalue weighted by atomic mass is 32.2. The van der Waals surface area contributed by atoms with E-state index < -0.39 is 0 Å². The van der Waals surface area contributed by atoms with E-state index >= 15 is 0 Å². The number of rotatable bonds is 3. The number of allylic oxidation sites excluding steroid dienone is 2. The molecule has 1 heterocycles. The number of thioether (sulfide) groups is 2. The van der Waals surface area contributed by atoms with Gasteiger partial charge in [-0.05, 0) is 77.5 Å². The van der Waals surface area contributed by atoms with Crippen LogP contribution in [0.25, 0.3) is 0 Å². The van der Waals surface area contributed by atoms with Gasteiger partial charge in [-0.25, -0.2) is 0 Å². The number of hydrogen-bond donors (Lipinski definition) is 1. The van der Waals surface area contributed by atoms with Gasteiger partial charge < -0.3 is 9.84 Å². The Labute approximate surface area is 160 Å². The van der Waals surface area contributed by atoms with Gasteiger partial charge in [-0.2, -0.15) is 0 Å². The third-order valence-corrected chi connectivity index (χ3v) is 8.24. The van der Waals surface area contributed by atoms with E-state index in [1.165, 1.54) is 11.1 Å². The highest BCUT2D eigenvalue weighted by molar-refractivity contribution is 8.20. The van der Waals surface area contributed by atoms with Gasteiger partial charge in [-0.1, -0.05) is 11.6 Å². The molecule has 1 N–H and O–H groups in total. The molecule has 0 amide bonds. The average molecular weight is 379 g/mol. The van der Waals surface area contributed by atoms with Crippen LogP contribution >= 0.6 is 23.5 Å². The summed E-state index contributed by atoms with van der Waals surface area (Å²) in [5.41, 5.74) is 3.30. The average Bonchev–Trinajstić information content (AvgIpc) is 2.93. The summed E-state index contributed by atoms with van der Waals surface area (Å²) in [6.45, 7) is 10.7. The Hall–Kier alpha value is -0.740. The minimum atomic E-state index is -0.282. The van der Waals surface area contributed by atoms with Gasteiger partial charge in [0.1, 0.15) is 17.1 Å². The SMILES string of the molecule is CC1=CCC[C@H](c2c(O)cc(C3(C)SCCS3)cc2OC(C)(C)C)C1. The molecule has 0 spiro atoms. The van der Waals surface area contributed by atoms with Crippen LogP contribution in [-0.4, -0.2) is 22.2 Å². The van der Waals surface area contributed by atoms with Gasteiger partial charge >= 0.3 is 0 Å². The quantitative estimate of drug-likeness (QED) is 0.613. The molecule has 0 radical (unpaired) electrons. The molecule has 2 nitrogen and oxygen atoms in total. The number of benzene rings is 1. The molecule has 1 aliphatic heterocycles. The second kappa shape index (κ2) is 7.11. The molecule has 0 saturated carbocycles. The molecule has 1 aliphatic carbocycles. The molecule has 0 bridgehead atoms. The van der Waals surface area contributed by atoms with E-state index in [1.54, 1.807) is 0 Å². The molecular formula is C21H30O2S2. The molecule has 1 aromatic rings. The first kappa shape index (κ1) is 19.0. The van der Waals surface area contributed by atoms with Crippen molar-refractivity contribution >= 4 is 23.5 Å². The topological polar surface area (TPSA) is 29.5 Å². The van der Waals surface area contributed by atoms with Crippen molar-refractivity contribution in [2.75, 3.05) is 11.5 Å². The number of phenols is 1. The largest absolute Gasteiger partial charge is 0.508 e. The van der Waals surface area contributed by atoms with Crippen LogP contribution in [0.3, 0.4) is 0 Å². The summed E-state index contributed by atoms with van der Waals surface area (Å²) in [5, 5.41) is 11.0. The van der Waals surface area contributed by atoms with Gasteiger partial charge in [0, 0.05) is 17.1 Å². The highest BCUT2D eigenvalue weighted by Crippen LogP contribution is 2.54. The summed E-state index contributed by atoms with van der Waals surface area (Å²) in [6, 6.07) is 4.18. The minimum absolute atomic E-state index is 0.00832. The summed E-state index contributed by atoms with van der Waals surface area (Å²) >= 11 is 3.92. The molecule has 0 unspecified atom stereocenters. The van der Waals surface area contributed by atoms with Crippen molar-refractivity contribution in [2.45, 2.75) is 69.5 Å². The van der Waals surface area contributed by atoms with Gasteiger partial charge in [0.25, 0.3) is 0 Å². The van der Waals surface area contributed by atoms with Gasteiger partial charge in [-0.3, -0.25) is 0 Å². The molecule has 0 aromatic heterocycles. The first-order valence-electron chi connectivity index (χ1n) is 9.18. The molecule has 1 fully saturated rings. The molecule has 138 valence electrons. The van der Waals surface area contributed by atoms with Gasteiger partial charge in [0.05, 0.1) is 4.08 Å². The Bertz CT molecular complexity index is 667. The van der Waals surface area contributed by atoms with E-state index in [0.717, 1.165) is 42.1 Å². The molecule has 4 heteroatoms. The van der Waals surface area contributed by atoms with E-state index in [2.05, 4.69) is 46.8 Å². The van der Waals surface area contributed by atoms with Crippen molar-refractivity contribution < 1.29 is 9.84 Å². The van der Waals surface area contributed by atoms with E-state index in [9.17, 15) is 5.11 Å². The predicted molar refractivity (Wildman–Crippen MR) is 111 cm³/mol. The normalized spacial score (nSPS) is 23.4. The lowest BCUT2D eigenvalue weighted by atomic mass is 9.83. The fraction of sp³-hybridized carbons (Fsp3) is 0.619. The van der Waals surface area contributed by atoms with Crippen molar-refractivity contribution in [1.29, 1.82) is 0 Å². The lowest BCUT2D eigenvalue weighted by Crippen LogP contribution is -2.24. The van der Waals surface area contributed by atoms with Crippen LogP contribution in [0.1, 0.15) is 70.9 Å². The number of phenolic OH excluding ortho intramolecular Hbond substituents is 1. The van der Waals surface area contributed by atoms with Crippen molar-refractivity contribution in [3.05, 3.63) is 34.9 Å². The van der Waals surface area contributed by atoms with Crippen molar-refractivity contribution in [3.8, 4) is 11.5 Å². The van der Waals surface area contributed by atoms with Crippen LogP contribution in [0.4, 0.5) is 0 Å². The van der Waals surface area contributed by atoms with E-state index in [1.807, 2.05) is 29.6 Å². The number of hydrogen-bond acceptors (Lipinski definition) is 4. The van der Waals surface area contributed by atoms with Crippen LogP contribution in [-0.2, 0) is 4.08 Å². The lowest BCUT2D eigenvalue weighted by Gasteiger charge is -2.31. The summed E-state index contributed by atoms with van der Waals surface area (Å²) in [5.74, 6) is 3.94. The summed E-state index contributed by atoms with van der Waals surface area (Å²) in [4.78, 5) is 0. The van der Waals surface area contributed by atoms with Crippen molar-refractivity contribution in [2.24, 2.45) is 0 Å². The predicted octanol–water partition coefficient (Wildman–Crippen LogP) is 6.44. The molecule has 25 heavy (non-hydrogen) atoms. The summed E-state index contributed by atoms with van der Waals surface area (Å²) in [7, 11) is 0. The van der Waals surface area contributed by atoms with E-state index in [4.69, 9.17) is 4.74 Å². The Kier molecular flexibility index (Phi) is 5.41.